The van der Waals surface area contributed by atoms with Crippen LogP contribution < -0.4 is 4.90 Å². The lowest BCUT2D eigenvalue weighted by Gasteiger charge is -2.35. The fraction of sp³-hybridized carbons (Fsp3) is 0.471. The van der Waals surface area contributed by atoms with Gasteiger partial charge in [0.1, 0.15) is 0 Å². The topological polar surface area (TPSA) is 62.7 Å². The summed E-state index contributed by atoms with van der Waals surface area (Å²) < 4.78 is 32.3. The predicted molar refractivity (Wildman–Crippen MR) is 104 cm³/mol. The van der Waals surface area contributed by atoms with E-state index in [0.29, 0.717) is 39.2 Å². The number of rotatable bonds is 6. The molecule has 0 bridgehead atoms. The lowest BCUT2D eigenvalue weighted by atomic mass is 10.1. The third-order valence-electron chi connectivity index (χ3n) is 4.41. The quantitative estimate of drug-likeness (QED) is 0.662. The Kier molecular flexibility index (Phi) is 5.93. The maximum absolute atomic E-state index is 12.4. The number of fused-ring (bicyclic) bond motifs is 1. The van der Waals surface area contributed by atoms with E-state index in [2.05, 4.69) is 31.9 Å². The summed E-state index contributed by atoms with van der Waals surface area (Å²) in [6, 6.07) is 8.05. The Morgan fingerprint density at radius 3 is 2.68 bits per heavy atom. The van der Waals surface area contributed by atoms with Gasteiger partial charge in [-0.25, -0.2) is 8.42 Å². The van der Waals surface area contributed by atoms with Gasteiger partial charge in [-0.05, 0) is 30.7 Å². The number of halogens is 1. The van der Waals surface area contributed by atoms with Gasteiger partial charge in [-0.15, -0.1) is 0 Å². The zero-order valence-corrected chi connectivity index (χ0v) is 16.6. The fourth-order valence-electron chi connectivity index (χ4n) is 3.10. The number of ether oxygens (including phenoxy) is 1. The molecule has 1 aromatic heterocycles. The van der Waals surface area contributed by atoms with Crippen molar-refractivity contribution in [3.63, 3.8) is 0 Å². The summed E-state index contributed by atoms with van der Waals surface area (Å²) in [5, 5.41) is 1.09. The summed E-state index contributed by atoms with van der Waals surface area (Å²) in [4.78, 5) is 6.65. The Labute approximate surface area is 157 Å². The molecule has 0 spiro atoms. The van der Waals surface area contributed by atoms with Crippen molar-refractivity contribution in [3.05, 3.63) is 34.9 Å². The number of pyridine rings is 1. The molecule has 0 radical (unpaired) electrons. The molecule has 6 nitrogen and oxygen atoms in total. The van der Waals surface area contributed by atoms with Crippen LogP contribution >= 0.6 is 15.9 Å². The molecule has 1 aliphatic heterocycles. The van der Waals surface area contributed by atoms with Crippen LogP contribution in [0.1, 0.15) is 6.42 Å². The molecule has 0 aliphatic carbocycles. The molecule has 1 aromatic carbocycles. The molecule has 136 valence electrons. The molecule has 8 heteroatoms. The van der Waals surface area contributed by atoms with Crippen LogP contribution in [-0.4, -0.2) is 63.4 Å². The second kappa shape index (κ2) is 7.99. The van der Waals surface area contributed by atoms with Crippen LogP contribution in [0.2, 0.25) is 0 Å². The molecule has 3 rings (SSSR count). The Morgan fingerprint density at radius 1 is 1.20 bits per heavy atom. The molecule has 1 aliphatic rings. The summed E-state index contributed by atoms with van der Waals surface area (Å²) in [6.07, 6.45) is 2.33. The smallest absolute Gasteiger partial charge is 0.214 e. The number of hydrogen-bond acceptors (Lipinski definition) is 5. The van der Waals surface area contributed by atoms with E-state index < -0.39 is 10.0 Å². The van der Waals surface area contributed by atoms with Crippen molar-refractivity contribution in [2.45, 2.75) is 6.42 Å². The van der Waals surface area contributed by atoms with E-state index in [-0.39, 0.29) is 5.75 Å². The second-order valence-electron chi connectivity index (χ2n) is 6.04. The maximum atomic E-state index is 12.4. The van der Waals surface area contributed by atoms with E-state index in [1.165, 1.54) is 0 Å². The zero-order chi connectivity index (χ0) is 17.9. The van der Waals surface area contributed by atoms with E-state index in [9.17, 15) is 8.42 Å². The highest BCUT2D eigenvalue weighted by atomic mass is 79.9. The number of aromatic nitrogens is 1. The van der Waals surface area contributed by atoms with Gasteiger partial charge in [0.2, 0.25) is 10.0 Å². The highest BCUT2D eigenvalue weighted by molar-refractivity contribution is 9.10. The SMILES string of the molecule is COCCCS(=O)(=O)N1CCN(c2ccnc3cc(Br)ccc23)CC1. The highest BCUT2D eigenvalue weighted by Gasteiger charge is 2.27. The average Bonchev–Trinajstić information content (AvgIpc) is 2.61. The Balaban J connectivity index is 1.71. The van der Waals surface area contributed by atoms with Gasteiger partial charge < -0.3 is 9.64 Å². The van der Waals surface area contributed by atoms with Crippen LogP contribution in [0.3, 0.4) is 0 Å². The van der Waals surface area contributed by atoms with Crippen molar-refractivity contribution in [2.75, 3.05) is 50.5 Å². The van der Waals surface area contributed by atoms with Crippen molar-refractivity contribution in [3.8, 4) is 0 Å². The van der Waals surface area contributed by atoms with Crippen molar-refractivity contribution >= 4 is 42.5 Å². The number of anilines is 1. The summed E-state index contributed by atoms with van der Waals surface area (Å²) in [5.41, 5.74) is 2.04. The van der Waals surface area contributed by atoms with Gasteiger partial charge in [0, 0.05) is 61.6 Å². The van der Waals surface area contributed by atoms with Crippen LogP contribution in [0.15, 0.2) is 34.9 Å². The van der Waals surface area contributed by atoms with Crippen molar-refractivity contribution in [2.24, 2.45) is 0 Å². The molecule has 25 heavy (non-hydrogen) atoms. The first kappa shape index (κ1) is 18.6. The lowest BCUT2D eigenvalue weighted by Crippen LogP contribution is -2.49. The first-order chi connectivity index (χ1) is 12.0. The summed E-state index contributed by atoms with van der Waals surface area (Å²) in [5.74, 6) is 0.146. The number of hydrogen-bond donors (Lipinski definition) is 0. The second-order valence-corrected chi connectivity index (χ2v) is 9.04. The fourth-order valence-corrected chi connectivity index (χ4v) is 4.91. The van der Waals surface area contributed by atoms with Gasteiger partial charge in [-0.1, -0.05) is 15.9 Å². The normalized spacial score (nSPS) is 16.5. The minimum Gasteiger partial charge on any atom is -0.385 e. The summed E-state index contributed by atoms with van der Waals surface area (Å²) in [7, 11) is -1.61. The third kappa shape index (κ3) is 4.31. The number of piperazine rings is 1. The highest BCUT2D eigenvalue weighted by Crippen LogP contribution is 2.28. The standard InChI is InChI=1S/C17H22BrN3O3S/c1-24-11-2-12-25(22,23)21-9-7-20(8-10-21)17-5-6-19-16-13-14(18)3-4-15(16)17/h3-6,13H,2,7-12H2,1H3. The first-order valence-corrected chi connectivity index (χ1v) is 10.7. The minimum atomic E-state index is -3.20. The molecule has 2 aromatic rings. The Morgan fingerprint density at radius 2 is 1.96 bits per heavy atom. The van der Waals surface area contributed by atoms with E-state index in [0.717, 1.165) is 21.1 Å². The molecule has 2 heterocycles. The maximum Gasteiger partial charge on any atom is 0.214 e. The molecule has 1 saturated heterocycles. The van der Waals surface area contributed by atoms with Crippen molar-refractivity contribution in [1.82, 2.24) is 9.29 Å². The van der Waals surface area contributed by atoms with Crippen LogP contribution in [0.4, 0.5) is 5.69 Å². The molecular weight excluding hydrogens is 406 g/mol. The van der Waals surface area contributed by atoms with Crippen LogP contribution in [0.5, 0.6) is 0 Å². The van der Waals surface area contributed by atoms with Gasteiger partial charge in [-0.3, -0.25) is 4.98 Å². The first-order valence-electron chi connectivity index (χ1n) is 8.27. The van der Waals surface area contributed by atoms with Crippen molar-refractivity contribution < 1.29 is 13.2 Å². The molecule has 0 unspecified atom stereocenters. The van der Waals surface area contributed by atoms with Crippen LogP contribution in [0, 0.1) is 0 Å². The van der Waals surface area contributed by atoms with Crippen LogP contribution in [0.25, 0.3) is 10.9 Å². The molecule has 0 amide bonds. The minimum absolute atomic E-state index is 0.146. The monoisotopic (exact) mass is 427 g/mol. The Bertz CT molecular complexity index is 836. The van der Waals surface area contributed by atoms with E-state index in [1.54, 1.807) is 17.6 Å². The number of sulfonamides is 1. The summed E-state index contributed by atoms with van der Waals surface area (Å²) in [6.45, 7) is 2.85. The van der Waals surface area contributed by atoms with Gasteiger partial charge in [0.15, 0.2) is 0 Å². The zero-order valence-electron chi connectivity index (χ0n) is 14.2. The third-order valence-corrected chi connectivity index (χ3v) is 6.85. The van der Waals surface area contributed by atoms with E-state index in [1.807, 2.05) is 18.2 Å². The molecule has 0 atom stereocenters. The molecule has 1 fully saturated rings. The number of nitrogens with zero attached hydrogens (tertiary/aromatic N) is 3. The van der Waals surface area contributed by atoms with Gasteiger partial charge in [-0.2, -0.15) is 4.31 Å². The van der Waals surface area contributed by atoms with E-state index in [4.69, 9.17) is 4.74 Å². The number of methoxy groups -OCH3 is 1. The molecular formula is C17H22BrN3O3S. The van der Waals surface area contributed by atoms with Gasteiger partial charge in [0.05, 0.1) is 11.3 Å². The van der Waals surface area contributed by atoms with Gasteiger partial charge >= 0.3 is 0 Å². The average molecular weight is 428 g/mol. The molecule has 0 saturated carbocycles. The van der Waals surface area contributed by atoms with Crippen molar-refractivity contribution in [1.29, 1.82) is 0 Å². The van der Waals surface area contributed by atoms with Crippen LogP contribution in [-0.2, 0) is 14.8 Å². The number of benzene rings is 1. The Hall–Kier alpha value is -1.22. The summed E-state index contributed by atoms with van der Waals surface area (Å²) >= 11 is 3.47. The predicted octanol–water partition coefficient (Wildman–Crippen LogP) is 2.49. The van der Waals surface area contributed by atoms with E-state index >= 15 is 0 Å². The van der Waals surface area contributed by atoms with Gasteiger partial charge in [0.25, 0.3) is 0 Å². The molecule has 0 N–H and O–H groups in total. The largest absolute Gasteiger partial charge is 0.385 e. The lowest BCUT2D eigenvalue weighted by molar-refractivity contribution is 0.199.